The van der Waals surface area contributed by atoms with E-state index in [0.717, 1.165) is 24.2 Å². The summed E-state index contributed by atoms with van der Waals surface area (Å²) in [7, 11) is 0. The molecule has 1 aliphatic heterocycles. The average molecular weight is 547 g/mol. The van der Waals surface area contributed by atoms with E-state index in [0.29, 0.717) is 35.8 Å². The molecule has 1 aromatic heterocycles. The molecule has 6 nitrogen and oxygen atoms in total. The van der Waals surface area contributed by atoms with Crippen LogP contribution in [0.5, 0.6) is 0 Å². The topological polar surface area (TPSA) is 74.3 Å². The minimum Gasteiger partial charge on any atom is -0.368 e. The van der Waals surface area contributed by atoms with E-state index in [1.807, 2.05) is 37.8 Å². The lowest BCUT2D eigenvalue weighted by atomic mass is 9.88. The van der Waals surface area contributed by atoms with Crippen molar-refractivity contribution in [1.29, 1.82) is 0 Å². The number of nitrogens with zero attached hydrogens (tertiary/aromatic N) is 2. The number of amides is 2. The molecular formula is C35H38N4O2. The van der Waals surface area contributed by atoms with Gasteiger partial charge in [0, 0.05) is 36.6 Å². The highest BCUT2D eigenvalue weighted by Crippen LogP contribution is 2.31. The Kier molecular flexibility index (Phi) is 8.48. The molecule has 4 aromatic rings. The van der Waals surface area contributed by atoms with Gasteiger partial charge in [-0.2, -0.15) is 0 Å². The minimum absolute atomic E-state index is 0.000512. The lowest BCUT2D eigenvalue weighted by Crippen LogP contribution is -2.38. The molecule has 5 rings (SSSR count). The van der Waals surface area contributed by atoms with Crippen LogP contribution < -0.4 is 10.6 Å². The van der Waals surface area contributed by atoms with Gasteiger partial charge in [0.1, 0.15) is 5.82 Å². The van der Waals surface area contributed by atoms with Gasteiger partial charge in [-0.15, -0.1) is 0 Å². The van der Waals surface area contributed by atoms with Crippen LogP contribution in [0.3, 0.4) is 0 Å². The fraction of sp³-hybridized carbons (Fsp3) is 0.286. The number of pyridine rings is 1. The van der Waals surface area contributed by atoms with E-state index in [9.17, 15) is 9.59 Å². The van der Waals surface area contributed by atoms with Crippen molar-refractivity contribution in [3.63, 3.8) is 0 Å². The second-order valence-electron chi connectivity index (χ2n) is 11.3. The molecular weight excluding hydrogens is 508 g/mol. The quantitative estimate of drug-likeness (QED) is 0.252. The van der Waals surface area contributed by atoms with Crippen molar-refractivity contribution in [1.82, 2.24) is 9.88 Å². The van der Waals surface area contributed by atoms with Gasteiger partial charge in [-0.1, -0.05) is 60.2 Å². The third-order valence-electron chi connectivity index (χ3n) is 7.74. The van der Waals surface area contributed by atoms with Crippen molar-refractivity contribution in [2.45, 2.75) is 52.5 Å². The standard InChI is InChI=1S/C35H38N4O2/c1-23(2)37-33-16-15-31(22-36-33)34(40)38-32-21-30(10-7-25(32)4)35(41)39-19-17-29(18-20-39)28-13-11-27(12-14-28)26-8-5-24(3)6-9-26/h5-16,21-23,29H,17-20H2,1-4H3,(H,36,37)(H,38,40). The molecule has 0 radical (unpaired) electrons. The minimum atomic E-state index is -0.254. The summed E-state index contributed by atoms with van der Waals surface area (Å²) >= 11 is 0. The number of likely N-dealkylation sites (tertiary alicyclic amines) is 1. The SMILES string of the molecule is Cc1ccc(-c2ccc(C3CCN(C(=O)c4ccc(C)c(NC(=O)c5ccc(NC(C)C)nc5)c4)CC3)cc2)cc1. The van der Waals surface area contributed by atoms with Crippen molar-refractivity contribution in [3.8, 4) is 11.1 Å². The normalized spacial score (nSPS) is 13.7. The number of carbonyl (C=O) groups is 2. The molecule has 6 heteroatoms. The van der Waals surface area contributed by atoms with Crippen LogP contribution in [-0.4, -0.2) is 40.8 Å². The Morgan fingerprint density at radius 2 is 1.46 bits per heavy atom. The van der Waals surface area contributed by atoms with Crippen molar-refractivity contribution in [2.75, 3.05) is 23.7 Å². The number of aryl methyl sites for hydroxylation is 2. The van der Waals surface area contributed by atoms with Crippen molar-refractivity contribution in [2.24, 2.45) is 0 Å². The zero-order valence-corrected chi connectivity index (χ0v) is 24.3. The number of nitrogens with one attached hydrogen (secondary N) is 2. The zero-order valence-electron chi connectivity index (χ0n) is 24.3. The zero-order chi connectivity index (χ0) is 28.9. The molecule has 0 saturated carbocycles. The van der Waals surface area contributed by atoms with E-state index in [1.165, 1.54) is 22.3 Å². The second kappa shape index (κ2) is 12.4. The van der Waals surface area contributed by atoms with Crippen molar-refractivity contribution in [3.05, 3.63) is 113 Å². The molecule has 2 N–H and O–H groups in total. The molecule has 3 aromatic carbocycles. The summed E-state index contributed by atoms with van der Waals surface area (Å²) in [6, 6.07) is 26.8. The first-order chi connectivity index (χ1) is 19.8. The van der Waals surface area contributed by atoms with E-state index in [4.69, 9.17) is 0 Å². The van der Waals surface area contributed by atoms with E-state index in [2.05, 4.69) is 71.1 Å². The molecule has 0 spiro atoms. The first-order valence-electron chi connectivity index (χ1n) is 14.4. The molecule has 0 unspecified atom stereocenters. The maximum atomic E-state index is 13.4. The molecule has 1 aliphatic rings. The highest BCUT2D eigenvalue weighted by atomic mass is 16.2. The van der Waals surface area contributed by atoms with Crippen LogP contribution >= 0.6 is 0 Å². The Hall–Kier alpha value is -4.45. The first-order valence-corrected chi connectivity index (χ1v) is 14.4. The monoisotopic (exact) mass is 546 g/mol. The number of piperidine rings is 1. The predicted molar refractivity (Wildman–Crippen MR) is 167 cm³/mol. The Bertz CT molecular complexity index is 1500. The third-order valence-corrected chi connectivity index (χ3v) is 7.74. The Balaban J connectivity index is 1.19. The van der Waals surface area contributed by atoms with Crippen molar-refractivity contribution >= 4 is 23.3 Å². The largest absolute Gasteiger partial charge is 0.368 e. The molecule has 2 heterocycles. The average Bonchev–Trinajstić information content (AvgIpc) is 2.98. The Morgan fingerprint density at radius 1 is 0.829 bits per heavy atom. The molecule has 1 fully saturated rings. The highest BCUT2D eigenvalue weighted by molar-refractivity contribution is 6.05. The van der Waals surface area contributed by atoms with Gasteiger partial charge in [0.25, 0.3) is 11.8 Å². The Morgan fingerprint density at radius 3 is 2.07 bits per heavy atom. The van der Waals surface area contributed by atoms with Crippen molar-refractivity contribution < 1.29 is 9.59 Å². The summed E-state index contributed by atoms with van der Waals surface area (Å²) in [6.07, 6.45) is 3.42. The van der Waals surface area contributed by atoms with Crippen LogP contribution in [0.25, 0.3) is 11.1 Å². The number of anilines is 2. The smallest absolute Gasteiger partial charge is 0.257 e. The molecule has 0 aliphatic carbocycles. The second-order valence-corrected chi connectivity index (χ2v) is 11.3. The van der Waals surface area contributed by atoms with Gasteiger partial charge in [0.15, 0.2) is 0 Å². The lowest BCUT2D eigenvalue weighted by Gasteiger charge is -2.32. The number of hydrogen-bond donors (Lipinski definition) is 2. The summed E-state index contributed by atoms with van der Waals surface area (Å²) in [5.41, 5.74) is 7.62. The van der Waals surface area contributed by atoms with Crippen LogP contribution in [0, 0.1) is 13.8 Å². The van der Waals surface area contributed by atoms with Gasteiger partial charge in [-0.25, -0.2) is 4.98 Å². The number of aromatic nitrogens is 1. The van der Waals surface area contributed by atoms with E-state index < -0.39 is 0 Å². The van der Waals surface area contributed by atoms with E-state index in [-0.39, 0.29) is 17.9 Å². The highest BCUT2D eigenvalue weighted by Gasteiger charge is 2.25. The number of rotatable bonds is 7. The Labute approximate surface area is 242 Å². The van der Waals surface area contributed by atoms with Crippen LogP contribution in [0.2, 0.25) is 0 Å². The first kappa shape index (κ1) is 28.1. The molecule has 2 amide bonds. The number of benzene rings is 3. The molecule has 210 valence electrons. The van der Waals surface area contributed by atoms with Gasteiger partial charge in [-0.05, 0) is 93.0 Å². The van der Waals surface area contributed by atoms with Crippen LogP contribution in [0.1, 0.15) is 70.0 Å². The van der Waals surface area contributed by atoms with Gasteiger partial charge in [0.05, 0.1) is 5.56 Å². The summed E-state index contributed by atoms with van der Waals surface area (Å²) in [6.45, 7) is 9.51. The lowest BCUT2D eigenvalue weighted by molar-refractivity contribution is 0.0712. The van der Waals surface area contributed by atoms with Crippen LogP contribution in [-0.2, 0) is 0 Å². The molecule has 1 saturated heterocycles. The third kappa shape index (κ3) is 6.83. The van der Waals surface area contributed by atoms with Gasteiger partial charge >= 0.3 is 0 Å². The summed E-state index contributed by atoms with van der Waals surface area (Å²) in [5.74, 6) is 0.910. The fourth-order valence-corrected chi connectivity index (χ4v) is 5.29. The summed E-state index contributed by atoms with van der Waals surface area (Å²) in [5, 5.41) is 6.18. The summed E-state index contributed by atoms with van der Waals surface area (Å²) < 4.78 is 0. The van der Waals surface area contributed by atoms with E-state index >= 15 is 0 Å². The maximum absolute atomic E-state index is 13.4. The van der Waals surface area contributed by atoms with Gasteiger partial charge < -0.3 is 15.5 Å². The number of carbonyl (C=O) groups excluding carboxylic acids is 2. The predicted octanol–water partition coefficient (Wildman–Crippen LogP) is 7.46. The van der Waals surface area contributed by atoms with Crippen LogP contribution in [0.15, 0.2) is 85.1 Å². The van der Waals surface area contributed by atoms with E-state index in [1.54, 1.807) is 24.4 Å². The van der Waals surface area contributed by atoms with Crippen LogP contribution in [0.4, 0.5) is 11.5 Å². The molecule has 41 heavy (non-hydrogen) atoms. The molecule has 0 bridgehead atoms. The molecule has 0 atom stereocenters. The fourth-order valence-electron chi connectivity index (χ4n) is 5.29. The maximum Gasteiger partial charge on any atom is 0.257 e. The van der Waals surface area contributed by atoms with Gasteiger partial charge in [-0.3, -0.25) is 9.59 Å². The number of hydrogen-bond acceptors (Lipinski definition) is 4. The summed E-state index contributed by atoms with van der Waals surface area (Å²) in [4.78, 5) is 32.6. The van der Waals surface area contributed by atoms with Gasteiger partial charge in [0.2, 0.25) is 0 Å².